The van der Waals surface area contributed by atoms with E-state index in [0.717, 1.165) is 17.5 Å². The van der Waals surface area contributed by atoms with Gasteiger partial charge in [0.15, 0.2) is 0 Å². The van der Waals surface area contributed by atoms with E-state index in [0.29, 0.717) is 0 Å². The Hall–Kier alpha value is -1.71. The molecule has 0 aromatic heterocycles. The lowest BCUT2D eigenvalue weighted by molar-refractivity contribution is 0.550. The summed E-state index contributed by atoms with van der Waals surface area (Å²) in [6.45, 7) is 2.05. The third kappa shape index (κ3) is 3.15. The minimum Gasteiger partial charge on any atom is -0.271 e. The van der Waals surface area contributed by atoms with Crippen LogP contribution in [0.25, 0.3) is 0 Å². The van der Waals surface area contributed by atoms with Crippen LogP contribution in [-0.2, 0) is 6.42 Å². The van der Waals surface area contributed by atoms with Crippen LogP contribution in [0.2, 0.25) is 0 Å². The van der Waals surface area contributed by atoms with Crippen LogP contribution >= 0.6 is 0 Å². The van der Waals surface area contributed by atoms with E-state index in [-0.39, 0.29) is 11.9 Å². The molecule has 1 unspecified atom stereocenters. The van der Waals surface area contributed by atoms with Gasteiger partial charge in [0, 0.05) is 6.04 Å². The van der Waals surface area contributed by atoms with Crippen molar-refractivity contribution in [2.75, 3.05) is 0 Å². The zero-order valence-corrected chi connectivity index (χ0v) is 10.4. The summed E-state index contributed by atoms with van der Waals surface area (Å²) in [5, 5.41) is 0. The summed E-state index contributed by atoms with van der Waals surface area (Å²) in [6, 6.07) is 14.8. The number of rotatable bonds is 4. The number of nitrogens with two attached hydrogens (primary N) is 1. The molecule has 2 aromatic rings. The Bertz CT molecular complexity index is 491. The van der Waals surface area contributed by atoms with E-state index in [9.17, 15) is 4.39 Å². The first-order valence-electron chi connectivity index (χ1n) is 5.96. The van der Waals surface area contributed by atoms with Crippen molar-refractivity contribution in [3.63, 3.8) is 0 Å². The van der Waals surface area contributed by atoms with Gasteiger partial charge in [-0.05, 0) is 36.6 Å². The Morgan fingerprint density at radius 2 is 1.67 bits per heavy atom. The predicted molar refractivity (Wildman–Crippen MR) is 71.3 cm³/mol. The van der Waals surface area contributed by atoms with Gasteiger partial charge in [0.1, 0.15) is 5.82 Å². The summed E-state index contributed by atoms with van der Waals surface area (Å²) in [5.74, 6) is 5.38. The number of aryl methyl sites for hydroxylation is 1. The first-order valence-corrected chi connectivity index (χ1v) is 5.96. The maximum absolute atomic E-state index is 12.8. The van der Waals surface area contributed by atoms with Gasteiger partial charge in [0.05, 0.1) is 0 Å². The van der Waals surface area contributed by atoms with E-state index in [1.54, 1.807) is 12.1 Å². The lowest BCUT2D eigenvalue weighted by Crippen LogP contribution is -2.29. The summed E-state index contributed by atoms with van der Waals surface area (Å²) in [6.07, 6.45) is 0.736. The number of halogens is 1. The van der Waals surface area contributed by atoms with Crippen molar-refractivity contribution in [2.24, 2.45) is 5.84 Å². The first kappa shape index (κ1) is 12.7. The zero-order valence-electron chi connectivity index (χ0n) is 10.4. The second kappa shape index (κ2) is 5.76. The van der Waals surface area contributed by atoms with Gasteiger partial charge in [-0.3, -0.25) is 11.3 Å². The van der Waals surface area contributed by atoms with Crippen LogP contribution in [0, 0.1) is 12.7 Å². The monoisotopic (exact) mass is 244 g/mol. The molecule has 2 aromatic carbocycles. The lowest BCUT2D eigenvalue weighted by atomic mass is 9.98. The molecular formula is C15H17FN2. The van der Waals surface area contributed by atoms with E-state index in [1.807, 2.05) is 0 Å². The van der Waals surface area contributed by atoms with Crippen molar-refractivity contribution < 1.29 is 4.39 Å². The molecule has 18 heavy (non-hydrogen) atoms. The van der Waals surface area contributed by atoms with E-state index >= 15 is 0 Å². The highest BCUT2D eigenvalue weighted by molar-refractivity contribution is 5.26. The first-order chi connectivity index (χ1) is 8.69. The molecule has 1 atom stereocenters. The van der Waals surface area contributed by atoms with E-state index in [2.05, 4.69) is 36.6 Å². The van der Waals surface area contributed by atoms with Crippen LogP contribution in [0.5, 0.6) is 0 Å². The van der Waals surface area contributed by atoms with Gasteiger partial charge in [-0.25, -0.2) is 4.39 Å². The minimum atomic E-state index is -0.216. The van der Waals surface area contributed by atoms with Gasteiger partial charge in [0.25, 0.3) is 0 Å². The molecule has 94 valence electrons. The normalized spacial score (nSPS) is 12.4. The van der Waals surface area contributed by atoms with E-state index < -0.39 is 0 Å². The van der Waals surface area contributed by atoms with E-state index in [1.165, 1.54) is 17.7 Å². The van der Waals surface area contributed by atoms with Crippen LogP contribution in [0.15, 0.2) is 48.5 Å². The largest absolute Gasteiger partial charge is 0.271 e. The Labute approximate surface area is 107 Å². The third-order valence-corrected chi connectivity index (χ3v) is 3.03. The van der Waals surface area contributed by atoms with Crippen LogP contribution in [0.1, 0.15) is 22.7 Å². The molecule has 0 saturated heterocycles. The topological polar surface area (TPSA) is 38.0 Å². The molecule has 0 aliphatic rings. The van der Waals surface area contributed by atoms with E-state index in [4.69, 9.17) is 5.84 Å². The van der Waals surface area contributed by atoms with Crippen LogP contribution < -0.4 is 11.3 Å². The van der Waals surface area contributed by atoms with Gasteiger partial charge < -0.3 is 0 Å². The molecule has 0 aliphatic carbocycles. The quantitative estimate of drug-likeness (QED) is 0.641. The SMILES string of the molecule is Cc1ccc(C(Cc2ccc(F)cc2)NN)cc1. The number of hydrogen-bond donors (Lipinski definition) is 2. The Balaban J connectivity index is 2.14. The van der Waals surface area contributed by atoms with Crippen LogP contribution in [0.3, 0.4) is 0 Å². The lowest BCUT2D eigenvalue weighted by Gasteiger charge is -2.16. The van der Waals surface area contributed by atoms with Crippen molar-refractivity contribution >= 4 is 0 Å². The van der Waals surface area contributed by atoms with Gasteiger partial charge in [0.2, 0.25) is 0 Å². The summed E-state index contributed by atoms with van der Waals surface area (Å²) in [4.78, 5) is 0. The molecule has 2 rings (SSSR count). The van der Waals surface area contributed by atoms with Crippen LogP contribution in [0.4, 0.5) is 4.39 Å². The Kier molecular flexibility index (Phi) is 4.07. The molecule has 0 saturated carbocycles. The van der Waals surface area contributed by atoms with Crippen molar-refractivity contribution in [2.45, 2.75) is 19.4 Å². The van der Waals surface area contributed by atoms with Gasteiger partial charge in [-0.1, -0.05) is 42.0 Å². The fourth-order valence-corrected chi connectivity index (χ4v) is 1.93. The smallest absolute Gasteiger partial charge is 0.123 e. The fraction of sp³-hybridized carbons (Fsp3) is 0.200. The summed E-state index contributed by atoms with van der Waals surface area (Å²) in [5.41, 5.74) is 6.21. The van der Waals surface area contributed by atoms with Crippen molar-refractivity contribution in [1.29, 1.82) is 0 Å². The molecule has 0 fully saturated rings. The Morgan fingerprint density at radius 3 is 2.22 bits per heavy atom. The summed E-state index contributed by atoms with van der Waals surface area (Å²) >= 11 is 0. The second-order valence-corrected chi connectivity index (χ2v) is 4.46. The molecule has 3 N–H and O–H groups in total. The standard InChI is InChI=1S/C15H17FN2/c1-11-2-6-13(7-3-11)15(18-17)10-12-4-8-14(16)9-5-12/h2-9,15,18H,10,17H2,1H3. The number of hydrogen-bond acceptors (Lipinski definition) is 2. The number of nitrogens with one attached hydrogen (secondary N) is 1. The summed E-state index contributed by atoms with van der Waals surface area (Å²) in [7, 11) is 0. The average Bonchev–Trinajstić information content (AvgIpc) is 2.39. The maximum Gasteiger partial charge on any atom is 0.123 e. The molecule has 0 aliphatic heterocycles. The highest BCUT2D eigenvalue weighted by atomic mass is 19.1. The highest BCUT2D eigenvalue weighted by Gasteiger charge is 2.10. The van der Waals surface area contributed by atoms with Crippen molar-refractivity contribution in [3.8, 4) is 0 Å². The predicted octanol–water partition coefficient (Wildman–Crippen LogP) is 2.88. The molecule has 0 heterocycles. The van der Waals surface area contributed by atoms with Gasteiger partial charge in [-0.15, -0.1) is 0 Å². The molecule has 2 nitrogen and oxygen atoms in total. The summed E-state index contributed by atoms with van der Waals surface area (Å²) < 4.78 is 12.8. The van der Waals surface area contributed by atoms with Gasteiger partial charge in [-0.2, -0.15) is 0 Å². The van der Waals surface area contributed by atoms with Gasteiger partial charge >= 0.3 is 0 Å². The maximum atomic E-state index is 12.8. The molecule has 0 bridgehead atoms. The van der Waals surface area contributed by atoms with Crippen molar-refractivity contribution in [3.05, 3.63) is 71.0 Å². The molecule has 0 spiro atoms. The zero-order chi connectivity index (χ0) is 13.0. The van der Waals surface area contributed by atoms with Crippen LogP contribution in [-0.4, -0.2) is 0 Å². The number of hydrazine groups is 1. The Morgan fingerprint density at radius 1 is 1.06 bits per heavy atom. The van der Waals surface area contributed by atoms with Crippen molar-refractivity contribution in [1.82, 2.24) is 5.43 Å². The second-order valence-electron chi connectivity index (χ2n) is 4.46. The molecule has 3 heteroatoms. The molecule has 0 radical (unpaired) electrons. The minimum absolute atomic E-state index is 0.0380. The fourth-order valence-electron chi connectivity index (χ4n) is 1.93. The number of benzene rings is 2. The molecular weight excluding hydrogens is 227 g/mol. The average molecular weight is 244 g/mol. The molecule has 0 amide bonds. The third-order valence-electron chi connectivity index (χ3n) is 3.03. The highest BCUT2D eigenvalue weighted by Crippen LogP contribution is 2.18.